The predicted molar refractivity (Wildman–Crippen MR) is 73.4 cm³/mol. The Balaban J connectivity index is 2.80. The quantitative estimate of drug-likeness (QED) is 0.711. The molecule has 7 heteroatoms. The Kier molecular flexibility index (Phi) is 4.75. The van der Waals surface area contributed by atoms with Crippen LogP contribution < -0.4 is 11.0 Å². The number of imidazole rings is 1. The number of hydrogen-bond acceptors (Lipinski definition) is 4. The number of hydrogen-bond donors (Lipinski definition) is 3. The van der Waals surface area contributed by atoms with Gasteiger partial charge in [-0.1, -0.05) is 13.8 Å². The van der Waals surface area contributed by atoms with Crippen LogP contribution in [0.25, 0.3) is 0 Å². The van der Waals surface area contributed by atoms with Gasteiger partial charge in [-0.15, -0.1) is 0 Å². The Morgan fingerprint density at radius 1 is 1.30 bits per heavy atom. The number of carbonyl (C=O) groups is 2. The van der Waals surface area contributed by atoms with E-state index in [4.69, 9.17) is 4.74 Å². The second-order valence-corrected chi connectivity index (χ2v) is 5.89. The number of rotatable bonds is 4. The number of H-pyrrole nitrogens is 2. The maximum absolute atomic E-state index is 12.1. The highest BCUT2D eigenvalue weighted by atomic mass is 16.6. The molecule has 0 radical (unpaired) electrons. The molecule has 0 unspecified atom stereocenters. The van der Waals surface area contributed by atoms with E-state index in [-0.39, 0.29) is 11.6 Å². The van der Waals surface area contributed by atoms with Crippen LogP contribution in [0, 0.1) is 5.92 Å². The van der Waals surface area contributed by atoms with Crippen molar-refractivity contribution in [1.82, 2.24) is 15.3 Å². The molecule has 0 saturated heterocycles. The van der Waals surface area contributed by atoms with Crippen LogP contribution in [0.2, 0.25) is 0 Å². The van der Waals surface area contributed by atoms with Crippen LogP contribution in [0.3, 0.4) is 0 Å². The number of esters is 1. The van der Waals surface area contributed by atoms with Crippen LogP contribution in [0.5, 0.6) is 0 Å². The molecule has 20 heavy (non-hydrogen) atoms. The summed E-state index contributed by atoms with van der Waals surface area (Å²) in [6.07, 6.45) is 1.25. The topological polar surface area (TPSA) is 104 Å². The standard InChI is InChI=1S/C13H21N3O4/c1-7(2)9(11(18)20-13(3,4)5)16-10(17)8-6-14-12(19)15-8/h6-7,9H,1-5H3,(H,16,17)(H2,14,15,19)/t9-/m0/s1. The highest BCUT2D eigenvalue weighted by Crippen LogP contribution is 2.12. The second kappa shape index (κ2) is 5.94. The van der Waals surface area contributed by atoms with Crippen LogP contribution in [0.4, 0.5) is 0 Å². The molecule has 3 N–H and O–H groups in total. The van der Waals surface area contributed by atoms with Crippen LogP contribution in [0.15, 0.2) is 11.0 Å². The number of aromatic amines is 2. The van der Waals surface area contributed by atoms with Crippen LogP contribution in [0.1, 0.15) is 45.1 Å². The van der Waals surface area contributed by atoms with Crippen molar-refractivity contribution in [3.05, 3.63) is 22.4 Å². The highest BCUT2D eigenvalue weighted by molar-refractivity contribution is 5.95. The fourth-order valence-corrected chi connectivity index (χ4v) is 1.54. The summed E-state index contributed by atoms with van der Waals surface area (Å²) < 4.78 is 5.27. The van der Waals surface area contributed by atoms with Gasteiger partial charge < -0.3 is 20.0 Å². The van der Waals surface area contributed by atoms with E-state index in [1.807, 2.05) is 0 Å². The molecule has 0 aliphatic heterocycles. The highest BCUT2D eigenvalue weighted by Gasteiger charge is 2.29. The van der Waals surface area contributed by atoms with Gasteiger partial charge in [0.2, 0.25) is 0 Å². The molecule has 1 heterocycles. The maximum atomic E-state index is 12.1. The van der Waals surface area contributed by atoms with Gasteiger partial charge in [-0.25, -0.2) is 9.59 Å². The second-order valence-electron chi connectivity index (χ2n) is 5.89. The van der Waals surface area contributed by atoms with Crippen molar-refractivity contribution >= 4 is 11.9 Å². The summed E-state index contributed by atoms with van der Waals surface area (Å²) in [4.78, 5) is 39.6. The molecule has 1 amide bonds. The summed E-state index contributed by atoms with van der Waals surface area (Å²) in [7, 11) is 0. The Morgan fingerprint density at radius 2 is 1.90 bits per heavy atom. The van der Waals surface area contributed by atoms with Crippen molar-refractivity contribution in [2.45, 2.75) is 46.3 Å². The molecule has 0 spiro atoms. The minimum atomic E-state index is -0.778. The Labute approximate surface area is 117 Å². The van der Waals surface area contributed by atoms with Gasteiger partial charge in [0.05, 0.1) is 0 Å². The average Bonchev–Trinajstić information content (AvgIpc) is 2.69. The van der Waals surface area contributed by atoms with E-state index in [0.29, 0.717) is 0 Å². The van der Waals surface area contributed by atoms with E-state index in [1.54, 1.807) is 34.6 Å². The Morgan fingerprint density at radius 3 is 2.30 bits per heavy atom. The van der Waals surface area contributed by atoms with E-state index in [0.717, 1.165) is 0 Å². The van der Waals surface area contributed by atoms with E-state index >= 15 is 0 Å². The molecule has 1 aromatic heterocycles. The van der Waals surface area contributed by atoms with Crippen molar-refractivity contribution in [1.29, 1.82) is 0 Å². The van der Waals surface area contributed by atoms with E-state index < -0.39 is 29.2 Å². The number of aromatic nitrogens is 2. The summed E-state index contributed by atoms with van der Waals surface area (Å²) in [6, 6.07) is -0.778. The van der Waals surface area contributed by atoms with Gasteiger partial charge in [0.15, 0.2) is 0 Å². The molecule has 0 fully saturated rings. The monoisotopic (exact) mass is 283 g/mol. The molecular weight excluding hydrogens is 262 g/mol. The molecule has 1 atom stereocenters. The third kappa shape index (κ3) is 4.56. The third-order valence-electron chi connectivity index (χ3n) is 2.45. The molecule has 0 saturated carbocycles. The van der Waals surface area contributed by atoms with Crippen molar-refractivity contribution in [3.8, 4) is 0 Å². The summed E-state index contributed by atoms with van der Waals surface area (Å²) in [5, 5.41) is 2.56. The van der Waals surface area contributed by atoms with E-state index in [9.17, 15) is 14.4 Å². The fourth-order valence-electron chi connectivity index (χ4n) is 1.54. The lowest BCUT2D eigenvalue weighted by Crippen LogP contribution is -2.47. The van der Waals surface area contributed by atoms with Crippen LogP contribution in [-0.4, -0.2) is 33.5 Å². The molecule has 1 aromatic rings. The third-order valence-corrected chi connectivity index (χ3v) is 2.45. The molecular formula is C13H21N3O4. The van der Waals surface area contributed by atoms with Gasteiger partial charge in [0, 0.05) is 6.20 Å². The molecule has 0 bridgehead atoms. The molecule has 112 valence electrons. The Bertz CT molecular complexity index is 536. The number of ether oxygens (including phenoxy) is 1. The molecule has 0 aliphatic rings. The Hall–Kier alpha value is -2.05. The fraction of sp³-hybridized carbons (Fsp3) is 0.615. The van der Waals surface area contributed by atoms with Crippen LogP contribution >= 0.6 is 0 Å². The molecule has 7 nitrogen and oxygen atoms in total. The van der Waals surface area contributed by atoms with E-state index in [2.05, 4.69) is 15.3 Å². The first kappa shape index (κ1) is 16.0. The first-order chi connectivity index (χ1) is 9.10. The largest absolute Gasteiger partial charge is 0.458 e. The SMILES string of the molecule is CC(C)[C@H](NC(=O)c1c[nH]c(=O)[nH]1)C(=O)OC(C)(C)C. The molecule has 1 rings (SSSR count). The number of carbonyl (C=O) groups excluding carboxylic acids is 2. The zero-order chi connectivity index (χ0) is 15.5. The number of amides is 1. The van der Waals surface area contributed by atoms with Crippen molar-refractivity contribution < 1.29 is 14.3 Å². The summed E-state index contributed by atoms with van der Waals surface area (Å²) >= 11 is 0. The summed E-state index contributed by atoms with van der Waals surface area (Å²) in [5.41, 5.74) is -1.03. The van der Waals surface area contributed by atoms with Gasteiger partial charge >= 0.3 is 11.7 Å². The van der Waals surface area contributed by atoms with Gasteiger partial charge in [-0.3, -0.25) is 4.79 Å². The predicted octanol–water partition coefficient (Wildman–Crippen LogP) is 0.799. The van der Waals surface area contributed by atoms with Gasteiger partial charge in [0.25, 0.3) is 5.91 Å². The maximum Gasteiger partial charge on any atom is 0.329 e. The average molecular weight is 283 g/mol. The van der Waals surface area contributed by atoms with Gasteiger partial charge in [-0.2, -0.15) is 0 Å². The first-order valence-electron chi connectivity index (χ1n) is 6.41. The lowest BCUT2D eigenvalue weighted by atomic mass is 10.0. The summed E-state index contributed by atoms with van der Waals surface area (Å²) in [6.45, 7) is 8.87. The zero-order valence-electron chi connectivity index (χ0n) is 12.4. The normalized spacial score (nSPS) is 13.1. The van der Waals surface area contributed by atoms with Gasteiger partial charge in [-0.05, 0) is 26.7 Å². The zero-order valence-corrected chi connectivity index (χ0v) is 12.4. The minimum absolute atomic E-state index is 0.0733. The summed E-state index contributed by atoms with van der Waals surface area (Å²) in [5.74, 6) is -1.17. The number of nitrogens with one attached hydrogen (secondary N) is 3. The minimum Gasteiger partial charge on any atom is -0.458 e. The molecule has 0 aromatic carbocycles. The van der Waals surface area contributed by atoms with Crippen molar-refractivity contribution in [3.63, 3.8) is 0 Å². The molecule has 0 aliphatic carbocycles. The van der Waals surface area contributed by atoms with E-state index in [1.165, 1.54) is 6.20 Å². The lowest BCUT2D eigenvalue weighted by Gasteiger charge is -2.26. The first-order valence-corrected chi connectivity index (χ1v) is 6.41. The van der Waals surface area contributed by atoms with Crippen molar-refractivity contribution in [2.24, 2.45) is 5.92 Å². The van der Waals surface area contributed by atoms with Gasteiger partial charge in [0.1, 0.15) is 17.3 Å². The van der Waals surface area contributed by atoms with Crippen molar-refractivity contribution in [2.75, 3.05) is 0 Å². The lowest BCUT2D eigenvalue weighted by molar-refractivity contribution is -0.158. The van der Waals surface area contributed by atoms with Crippen LogP contribution in [-0.2, 0) is 9.53 Å². The smallest absolute Gasteiger partial charge is 0.329 e.